The number of nitrogens with zero attached hydrogens (tertiary/aromatic N) is 2. The van der Waals surface area contributed by atoms with Crippen molar-refractivity contribution in [1.29, 1.82) is 0 Å². The molecule has 0 aliphatic rings. The highest BCUT2D eigenvalue weighted by Gasteiger charge is 2.10. The van der Waals surface area contributed by atoms with E-state index in [4.69, 9.17) is 4.98 Å². The molecular formula is C26H36N2S. The SMILES string of the molecule is CCCCCCN(CCCCCC)c1ccc(-c2nc3ccc(C)cc3s2)cc1. The maximum absolute atomic E-state index is 4.84. The van der Waals surface area contributed by atoms with E-state index in [0.29, 0.717) is 0 Å². The van der Waals surface area contributed by atoms with Gasteiger partial charge < -0.3 is 4.90 Å². The second kappa shape index (κ2) is 11.3. The van der Waals surface area contributed by atoms with Crippen LogP contribution in [0.15, 0.2) is 42.5 Å². The number of fused-ring (bicyclic) bond motifs is 1. The van der Waals surface area contributed by atoms with E-state index in [1.54, 1.807) is 11.3 Å². The minimum absolute atomic E-state index is 1.10. The molecule has 3 aromatic rings. The number of aromatic nitrogens is 1. The van der Waals surface area contributed by atoms with Gasteiger partial charge in [0.05, 0.1) is 10.2 Å². The highest BCUT2D eigenvalue weighted by molar-refractivity contribution is 7.21. The van der Waals surface area contributed by atoms with E-state index in [2.05, 4.69) is 68.1 Å². The fourth-order valence-electron chi connectivity index (χ4n) is 3.80. The summed E-state index contributed by atoms with van der Waals surface area (Å²) in [4.78, 5) is 7.44. The Kier molecular flexibility index (Phi) is 8.54. The Balaban J connectivity index is 1.70. The molecular weight excluding hydrogens is 372 g/mol. The third-order valence-corrected chi connectivity index (χ3v) is 6.65. The third kappa shape index (κ3) is 6.30. The molecule has 1 aromatic heterocycles. The highest BCUT2D eigenvalue weighted by Crippen LogP contribution is 2.32. The van der Waals surface area contributed by atoms with Gasteiger partial charge in [0, 0.05) is 24.3 Å². The molecule has 3 rings (SSSR count). The van der Waals surface area contributed by atoms with E-state index < -0.39 is 0 Å². The van der Waals surface area contributed by atoms with Crippen LogP contribution in [0.4, 0.5) is 5.69 Å². The van der Waals surface area contributed by atoms with Crippen molar-refractivity contribution in [3.05, 3.63) is 48.0 Å². The second-order valence-corrected chi connectivity index (χ2v) is 9.18. The number of hydrogen-bond acceptors (Lipinski definition) is 3. The molecule has 2 nitrogen and oxygen atoms in total. The molecule has 3 heteroatoms. The van der Waals surface area contributed by atoms with Crippen molar-refractivity contribution in [2.45, 2.75) is 72.1 Å². The summed E-state index contributed by atoms with van der Waals surface area (Å²) in [5.41, 5.74) is 4.99. The van der Waals surface area contributed by atoms with Crippen LogP contribution in [-0.4, -0.2) is 18.1 Å². The van der Waals surface area contributed by atoms with Crippen molar-refractivity contribution in [3.63, 3.8) is 0 Å². The summed E-state index contributed by atoms with van der Waals surface area (Å²) < 4.78 is 1.28. The van der Waals surface area contributed by atoms with Gasteiger partial charge in [0.1, 0.15) is 5.01 Å². The first-order valence-electron chi connectivity index (χ1n) is 11.4. The molecule has 1 heterocycles. The summed E-state index contributed by atoms with van der Waals surface area (Å²) in [6.07, 6.45) is 10.6. The van der Waals surface area contributed by atoms with Crippen LogP contribution in [-0.2, 0) is 0 Å². The number of unbranched alkanes of at least 4 members (excludes halogenated alkanes) is 6. The minimum atomic E-state index is 1.10. The lowest BCUT2D eigenvalue weighted by Gasteiger charge is -2.25. The topological polar surface area (TPSA) is 16.1 Å². The van der Waals surface area contributed by atoms with E-state index >= 15 is 0 Å². The highest BCUT2D eigenvalue weighted by atomic mass is 32.1. The average molecular weight is 409 g/mol. The Morgan fingerprint density at radius 1 is 0.793 bits per heavy atom. The first kappa shape index (κ1) is 21.8. The number of thiazole rings is 1. The van der Waals surface area contributed by atoms with Crippen molar-refractivity contribution in [2.75, 3.05) is 18.0 Å². The van der Waals surface area contributed by atoms with Gasteiger partial charge in [-0.2, -0.15) is 0 Å². The standard InChI is InChI=1S/C26H36N2S/c1-4-6-8-10-18-28(19-11-9-7-5-2)23-15-13-22(14-16-23)26-27-24-17-12-21(3)20-25(24)29-26/h12-17,20H,4-11,18-19H2,1-3H3. The van der Waals surface area contributed by atoms with Crippen LogP contribution in [0.2, 0.25) is 0 Å². The molecule has 29 heavy (non-hydrogen) atoms. The van der Waals surface area contributed by atoms with Crippen LogP contribution in [0.25, 0.3) is 20.8 Å². The number of benzene rings is 2. The van der Waals surface area contributed by atoms with E-state index in [0.717, 1.165) is 10.5 Å². The van der Waals surface area contributed by atoms with Crippen molar-refractivity contribution in [2.24, 2.45) is 0 Å². The molecule has 0 saturated carbocycles. The molecule has 0 atom stereocenters. The second-order valence-electron chi connectivity index (χ2n) is 8.15. The van der Waals surface area contributed by atoms with Crippen molar-refractivity contribution in [1.82, 2.24) is 4.98 Å². The summed E-state index contributed by atoms with van der Waals surface area (Å²) in [6, 6.07) is 15.6. The molecule has 0 unspecified atom stereocenters. The minimum Gasteiger partial charge on any atom is -0.372 e. The van der Waals surface area contributed by atoms with Gasteiger partial charge in [0.2, 0.25) is 0 Å². The molecule has 2 aromatic carbocycles. The van der Waals surface area contributed by atoms with Crippen molar-refractivity contribution < 1.29 is 0 Å². The summed E-state index contributed by atoms with van der Waals surface area (Å²) in [5.74, 6) is 0. The lowest BCUT2D eigenvalue weighted by atomic mass is 10.1. The predicted molar refractivity (Wildman–Crippen MR) is 130 cm³/mol. The van der Waals surface area contributed by atoms with Crippen molar-refractivity contribution >= 4 is 27.2 Å². The Bertz CT molecular complexity index is 854. The van der Waals surface area contributed by atoms with Crippen LogP contribution in [0.3, 0.4) is 0 Å². The molecule has 0 bridgehead atoms. The first-order chi connectivity index (χ1) is 14.2. The van der Waals surface area contributed by atoms with Crippen molar-refractivity contribution in [3.8, 4) is 10.6 Å². The molecule has 156 valence electrons. The van der Waals surface area contributed by atoms with Gasteiger partial charge in [-0.25, -0.2) is 4.98 Å². The van der Waals surface area contributed by atoms with Crippen LogP contribution in [0.1, 0.15) is 70.8 Å². The van der Waals surface area contributed by atoms with E-state index in [-0.39, 0.29) is 0 Å². The Morgan fingerprint density at radius 3 is 2.07 bits per heavy atom. The van der Waals surface area contributed by atoms with Gasteiger partial charge in [0.15, 0.2) is 0 Å². The van der Waals surface area contributed by atoms with E-state index in [9.17, 15) is 0 Å². The monoisotopic (exact) mass is 408 g/mol. The Hall–Kier alpha value is -1.87. The van der Waals surface area contributed by atoms with Gasteiger partial charge in [0.25, 0.3) is 0 Å². The van der Waals surface area contributed by atoms with Crippen LogP contribution in [0, 0.1) is 6.92 Å². The Labute approximate surface area is 181 Å². The summed E-state index contributed by atoms with van der Waals surface area (Å²) in [6.45, 7) is 9.05. The Morgan fingerprint density at radius 2 is 1.45 bits per heavy atom. The molecule has 0 amide bonds. The zero-order valence-corrected chi connectivity index (χ0v) is 19.2. The summed E-state index contributed by atoms with van der Waals surface area (Å²) in [7, 11) is 0. The fraction of sp³-hybridized carbons (Fsp3) is 0.500. The molecule has 0 aliphatic heterocycles. The predicted octanol–water partition coefficient (Wildman–Crippen LogP) is 8.24. The molecule has 0 saturated heterocycles. The van der Waals surface area contributed by atoms with Crippen LogP contribution >= 0.6 is 11.3 Å². The smallest absolute Gasteiger partial charge is 0.124 e. The number of hydrogen-bond donors (Lipinski definition) is 0. The molecule has 0 N–H and O–H groups in total. The van der Waals surface area contributed by atoms with Gasteiger partial charge in [-0.15, -0.1) is 11.3 Å². The average Bonchev–Trinajstić information content (AvgIpc) is 3.16. The first-order valence-corrected chi connectivity index (χ1v) is 12.3. The van der Waals surface area contributed by atoms with Gasteiger partial charge in [-0.05, 0) is 61.7 Å². The van der Waals surface area contributed by atoms with Crippen LogP contribution in [0.5, 0.6) is 0 Å². The van der Waals surface area contributed by atoms with E-state index in [1.807, 2.05) is 0 Å². The number of aryl methyl sites for hydroxylation is 1. The lowest BCUT2D eigenvalue weighted by Crippen LogP contribution is -2.25. The lowest BCUT2D eigenvalue weighted by molar-refractivity contribution is 0.609. The quantitative estimate of drug-likeness (QED) is 0.280. The third-order valence-electron chi connectivity index (χ3n) is 5.59. The van der Waals surface area contributed by atoms with Crippen LogP contribution < -0.4 is 4.90 Å². The zero-order chi connectivity index (χ0) is 20.5. The summed E-state index contributed by atoms with van der Waals surface area (Å²) in [5, 5.41) is 1.12. The maximum atomic E-state index is 4.84. The maximum Gasteiger partial charge on any atom is 0.124 e. The molecule has 0 spiro atoms. The molecule has 0 radical (unpaired) electrons. The van der Waals surface area contributed by atoms with Gasteiger partial charge in [-0.1, -0.05) is 58.4 Å². The van der Waals surface area contributed by atoms with Gasteiger partial charge in [-0.3, -0.25) is 0 Å². The van der Waals surface area contributed by atoms with Gasteiger partial charge >= 0.3 is 0 Å². The van der Waals surface area contributed by atoms with E-state index in [1.165, 1.54) is 86.0 Å². The largest absolute Gasteiger partial charge is 0.372 e. The normalized spacial score (nSPS) is 11.3. The zero-order valence-electron chi connectivity index (χ0n) is 18.4. The molecule has 0 aliphatic carbocycles. The number of rotatable bonds is 12. The fourth-order valence-corrected chi connectivity index (χ4v) is 4.87. The summed E-state index contributed by atoms with van der Waals surface area (Å²) >= 11 is 1.79. The number of anilines is 1. The molecule has 0 fully saturated rings.